The summed E-state index contributed by atoms with van der Waals surface area (Å²) in [6.07, 6.45) is 101. The predicted molar refractivity (Wildman–Crippen MR) is 384 cm³/mol. The number of amides is 1. The Bertz CT molecular complexity index is 1450. The second-order valence-electron chi connectivity index (χ2n) is 27.0. The Morgan fingerprint density at radius 1 is 0.322 bits per heavy atom. The van der Waals surface area contributed by atoms with Gasteiger partial charge in [0.25, 0.3) is 0 Å². The van der Waals surface area contributed by atoms with E-state index in [2.05, 4.69) is 67.8 Å². The van der Waals surface area contributed by atoms with Crippen LogP contribution in [-0.4, -0.2) is 47.4 Å². The molecule has 0 aromatic carbocycles. The summed E-state index contributed by atoms with van der Waals surface area (Å²) in [4.78, 5) is 24.6. The molecule has 0 heterocycles. The SMILES string of the molecule is CCCC/C=C\C/C=C\CCCCCCCC(=O)OCCCCCCCCCCCCC/C=C\C/C=C\CCCCCCCCCCCCCCCCCCCC(=O)NC(CO)C(O)CCCCCCCCCCCCCCCCCCCCCCC. The van der Waals surface area contributed by atoms with Crippen molar-refractivity contribution < 1.29 is 24.5 Å². The number of carbonyl (C=O) groups is 2. The Labute approximate surface area is 544 Å². The van der Waals surface area contributed by atoms with Gasteiger partial charge in [-0.1, -0.05) is 383 Å². The molecule has 0 aromatic heterocycles. The van der Waals surface area contributed by atoms with Gasteiger partial charge in [0.2, 0.25) is 5.91 Å². The molecule has 0 rings (SSSR count). The summed E-state index contributed by atoms with van der Waals surface area (Å²) < 4.78 is 5.48. The van der Waals surface area contributed by atoms with Crippen LogP contribution in [0.15, 0.2) is 48.6 Å². The van der Waals surface area contributed by atoms with Gasteiger partial charge in [-0.05, 0) is 83.5 Å². The van der Waals surface area contributed by atoms with Crippen molar-refractivity contribution >= 4 is 11.9 Å². The van der Waals surface area contributed by atoms with Crippen molar-refractivity contribution in [3.63, 3.8) is 0 Å². The molecule has 6 nitrogen and oxygen atoms in total. The van der Waals surface area contributed by atoms with Crippen LogP contribution in [-0.2, 0) is 14.3 Å². The number of rotatable bonds is 74. The van der Waals surface area contributed by atoms with E-state index in [-0.39, 0.29) is 18.5 Å². The van der Waals surface area contributed by atoms with Crippen molar-refractivity contribution in [2.45, 2.75) is 443 Å². The van der Waals surface area contributed by atoms with Gasteiger partial charge in [0.1, 0.15) is 0 Å². The Balaban J connectivity index is 3.38. The predicted octanol–water partition coefficient (Wildman–Crippen LogP) is 26.0. The lowest BCUT2D eigenvalue weighted by Crippen LogP contribution is -2.45. The summed E-state index contributed by atoms with van der Waals surface area (Å²) in [6.45, 7) is 4.95. The van der Waals surface area contributed by atoms with Crippen molar-refractivity contribution in [1.82, 2.24) is 5.32 Å². The summed E-state index contributed by atoms with van der Waals surface area (Å²) in [6, 6.07) is -0.541. The van der Waals surface area contributed by atoms with Gasteiger partial charge in [-0.15, -0.1) is 0 Å². The van der Waals surface area contributed by atoms with Crippen LogP contribution in [0.2, 0.25) is 0 Å². The summed E-state index contributed by atoms with van der Waals surface area (Å²) in [5, 5.41) is 23.5. The van der Waals surface area contributed by atoms with Crippen LogP contribution in [0.4, 0.5) is 0 Å². The topological polar surface area (TPSA) is 95.9 Å². The third kappa shape index (κ3) is 72.8. The monoisotopic (exact) mass is 1220 g/mol. The van der Waals surface area contributed by atoms with Gasteiger partial charge >= 0.3 is 5.97 Å². The Hall–Kier alpha value is -2.18. The quantitative estimate of drug-likeness (QED) is 0.0320. The molecule has 1 amide bonds. The second-order valence-corrected chi connectivity index (χ2v) is 27.0. The van der Waals surface area contributed by atoms with E-state index in [0.717, 1.165) is 57.8 Å². The minimum Gasteiger partial charge on any atom is -0.466 e. The maximum absolute atomic E-state index is 12.6. The average Bonchev–Trinajstić information content (AvgIpc) is 3.52. The lowest BCUT2D eigenvalue weighted by molar-refractivity contribution is -0.143. The molecule has 0 aliphatic rings. The zero-order valence-corrected chi connectivity index (χ0v) is 58.8. The van der Waals surface area contributed by atoms with Crippen LogP contribution in [0.5, 0.6) is 0 Å². The standard InChI is InChI=1S/C81H153NO5/c1-3-5-7-9-11-13-15-17-19-20-21-37-40-43-46-49-53-57-61-65-69-73-79(84)78(77-83)82-80(85)74-70-66-62-58-54-50-47-44-41-38-35-33-31-29-27-25-23-22-24-26-28-30-32-34-36-39-42-45-48-52-56-60-64-68-72-76-87-81(86)75-71-67-63-59-55-51-18-16-14-12-10-8-6-4-2/h10,12,16,18,24,26,30,32,78-79,83-84H,3-9,11,13-15,17,19-23,25,27-29,31,33-77H2,1-2H3,(H,82,85)/b12-10-,18-16-,26-24-,32-30-. The number of aliphatic hydroxyl groups excluding tert-OH is 2. The zero-order valence-electron chi connectivity index (χ0n) is 58.8. The maximum atomic E-state index is 12.6. The highest BCUT2D eigenvalue weighted by atomic mass is 16.5. The lowest BCUT2D eigenvalue weighted by Gasteiger charge is -2.22. The number of allylic oxidation sites excluding steroid dienone is 8. The highest BCUT2D eigenvalue weighted by Crippen LogP contribution is 2.19. The first-order valence-electron chi connectivity index (χ1n) is 39.4. The normalized spacial score (nSPS) is 12.7. The smallest absolute Gasteiger partial charge is 0.305 e. The van der Waals surface area contributed by atoms with Gasteiger partial charge in [-0.25, -0.2) is 0 Å². The second kappa shape index (κ2) is 76.3. The van der Waals surface area contributed by atoms with Crippen molar-refractivity contribution in [1.29, 1.82) is 0 Å². The number of ether oxygens (including phenoxy) is 1. The van der Waals surface area contributed by atoms with Gasteiger partial charge < -0.3 is 20.3 Å². The number of unbranched alkanes of at least 4 members (excludes halogenated alkanes) is 55. The molecule has 0 bridgehead atoms. The molecule has 0 radical (unpaired) electrons. The minimum atomic E-state index is -0.664. The Morgan fingerprint density at radius 3 is 0.908 bits per heavy atom. The summed E-state index contributed by atoms with van der Waals surface area (Å²) >= 11 is 0. The van der Waals surface area contributed by atoms with Gasteiger partial charge in [0.15, 0.2) is 0 Å². The molecule has 0 aromatic rings. The van der Waals surface area contributed by atoms with E-state index in [4.69, 9.17) is 4.74 Å². The van der Waals surface area contributed by atoms with Crippen molar-refractivity contribution in [2.24, 2.45) is 0 Å². The number of hydrogen-bond donors (Lipinski definition) is 3. The fourth-order valence-electron chi connectivity index (χ4n) is 12.3. The van der Waals surface area contributed by atoms with Crippen molar-refractivity contribution in [2.75, 3.05) is 13.2 Å². The maximum Gasteiger partial charge on any atom is 0.305 e. The van der Waals surface area contributed by atoms with Crippen LogP contribution in [0, 0.1) is 0 Å². The first-order chi connectivity index (χ1) is 43.0. The first-order valence-corrected chi connectivity index (χ1v) is 39.4. The average molecular weight is 1220 g/mol. The molecule has 3 N–H and O–H groups in total. The zero-order chi connectivity index (χ0) is 62.8. The number of aliphatic hydroxyl groups is 2. The third-order valence-corrected chi connectivity index (χ3v) is 18.4. The van der Waals surface area contributed by atoms with E-state index < -0.39 is 12.1 Å². The van der Waals surface area contributed by atoms with Gasteiger partial charge in [-0.3, -0.25) is 9.59 Å². The highest BCUT2D eigenvalue weighted by Gasteiger charge is 2.20. The Morgan fingerprint density at radius 2 is 0.586 bits per heavy atom. The largest absolute Gasteiger partial charge is 0.466 e. The number of hydrogen-bond acceptors (Lipinski definition) is 5. The van der Waals surface area contributed by atoms with Crippen molar-refractivity contribution in [3.05, 3.63) is 48.6 Å². The van der Waals surface area contributed by atoms with Gasteiger partial charge in [-0.2, -0.15) is 0 Å². The molecular weight excluding hydrogens is 1070 g/mol. The van der Waals surface area contributed by atoms with Crippen LogP contribution in [0.25, 0.3) is 0 Å². The molecule has 0 fully saturated rings. The lowest BCUT2D eigenvalue weighted by atomic mass is 10.0. The van der Waals surface area contributed by atoms with Crippen LogP contribution >= 0.6 is 0 Å². The molecule has 0 saturated heterocycles. The number of carbonyl (C=O) groups excluding carboxylic acids is 2. The summed E-state index contributed by atoms with van der Waals surface area (Å²) in [5.74, 6) is -0.0256. The molecule has 6 heteroatoms. The summed E-state index contributed by atoms with van der Waals surface area (Å²) in [5.41, 5.74) is 0. The molecule has 2 atom stereocenters. The van der Waals surface area contributed by atoms with Crippen LogP contribution in [0.3, 0.4) is 0 Å². The number of nitrogens with one attached hydrogen (secondary N) is 1. The van der Waals surface area contributed by atoms with Crippen LogP contribution < -0.4 is 5.32 Å². The van der Waals surface area contributed by atoms with E-state index in [1.807, 2.05) is 0 Å². The molecule has 0 spiro atoms. The van der Waals surface area contributed by atoms with Gasteiger partial charge in [0.05, 0.1) is 25.4 Å². The molecule has 2 unspecified atom stereocenters. The molecule has 0 aliphatic carbocycles. The molecule has 512 valence electrons. The van der Waals surface area contributed by atoms with Crippen LogP contribution in [0.1, 0.15) is 431 Å². The Kier molecular flexibility index (Phi) is 74.4. The van der Waals surface area contributed by atoms with Crippen molar-refractivity contribution in [3.8, 4) is 0 Å². The first kappa shape index (κ1) is 84.8. The van der Waals surface area contributed by atoms with E-state index in [0.29, 0.717) is 25.9 Å². The third-order valence-electron chi connectivity index (χ3n) is 18.4. The van der Waals surface area contributed by atoms with E-state index in [9.17, 15) is 19.8 Å². The fourth-order valence-corrected chi connectivity index (χ4v) is 12.3. The van der Waals surface area contributed by atoms with E-state index >= 15 is 0 Å². The minimum absolute atomic E-state index is 0.00244. The molecular formula is C81H153NO5. The number of esters is 1. The van der Waals surface area contributed by atoms with Gasteiger partial charge in [0, 0.05) is 12.8 Å². The summed E-state index contributed by atoms with van der Waals surface area (Å²) in [7, 11) is 0. The van der Waals surface area contributed by atoms with E-state index in [1.54, 1.807) is 0 Å². The molecule has 0 aliphatic heterocycles. The molecule has 87 heavy (non-hydrogen) atoms. The fraction of sp³-hybridized carbons (Fsp3) is 0.877. The highest BCUT2D eigenvalue weighted by molar-refractivity contribution is 5.76. The molecule has 0 saturated carbocycles. The van der Waals surface area contributed by atoms with E-state index in [1.165, 1.54) is 340 Å².